The molecule has 3 heterocycles. The van der Waals surface area contributed by atoms with Crippen molar-refractivity contribution in [3.63, 3.8) is 0 Å². The smallest absolute Gasteiger partial charge is 0.325 e. The van der Waals surface area contributed by atoms with Crippen LogP contribution in [0.15, 0.2) is 0 Å². The molecule has 3 fully saturated rings. The Morgan fingerprint density at radius 2 is 1.76 bits per heavy atom. The lowest BCUT2D eigenvalue weighted by atomic mass is 9.87. The van der Waals surface area contributed by atoms with Gasteiger partial charge in [-0.25, -0.2) is 4.79 Å². The molecular weight excluding hydrogens is 320 g/mol. The van der Waals surface area contributed by atoms with Gasteiger partial charge in [0.2, 0.25) is 5.91 Å². The zero-order valence-corrected chi connectivity index (χ0v) is 15.4. The van der Waals surface area contributed by atoms with Gasteiger partial charge in [0.15, 0.2) is 0 Å². The van der Waals surface area contributed by atoms with Gasteiger partial charge in [0.1, 0.15) is 5.54 Å². The second-order valence-corrected chi connectivity index (χ2v) is 7.49. The van der Waals surface area contributed by atoms with Crippen LogP contribution in [0.2, 0.25) is 0 Å². The van der Waals surface area contributed by atoms with Crippen LogP contribution >= 0.6 is 0 Å². The number of piperidine rings is 2. The normalized spacial score (nSPS) is 24.9. The second kappa shape index (κ2) is 7.32. The summed E-state index contributed by atoms with van der Waals surface area (Å²) in [5.41, 5.74) is -0.697. The first kappa shape index (κ1) is 18.2. The van der Waals surface area contributed by atoms with E-state index in [0.717, 1.165) is 26.1 Å². The molecule has 3 saturated heterocycles. The predicted molar refractivity (Wildman–Crippen MR) is 94.0 cm³/mol. The number of nitrogens with one attached hydrogen (secondary N) is 1. The molecule has 0 radical (unpaired) electrons. The number of rotatable bonds is 4. The highest BCUT2D eigenvalue weighted by Gasteiger charge is 2.54. The molecular formula is C18H30N4O3. The molecule has 7 heteroatoms. The average molecular weight is 350 g/mol. The van der Waals surface area contributed by atoms with E-state index in [0.29, 0.717) is 45.2 Å². The van der Waals surface area contributed by atoms with E-state index in [2.05, 4.69) is 17.1 Å². The molecule has 0 bridgehead atoms. The lowest BCUT2D eigenvalue weighted by molar-refractivity contribution is -0.136. The molecule has 3 aliphatic rings. The Balaban J connectivity index is 1.62. The summed E-state index contributed by atoms with van der Waals surface area (Å²) in [5.74, 6) is 0.101. The molecule has 0 saturated carbocycles. The molecule has 0 aliphatic carbocycles. The summed E-state index contributed by atoms with van der Waals surface area (Å²) >= 11 is 0. The molecule has 0 atom stereocenters. The molecule has 0 aromatic carbocycles. The molecule has 0 aromatic rings. The second-order valence-electron chi connectivity index (χ2n) is 7.49. The molecule has 3 rings (SSSR count). The van der Waals surface area contributed by atoms with E-state index >= 15 is 0 Å². The zero-order valence-electron chi connectivity index (χ0n) is 15.4. The number of carbonyl (C=O) groups is 3. The molecule has 0 aromatic heterocycles. The van der Waals surface area contributed by atoms with E-state index in [-0.39, 0.29) is 23.9 Å². The van der Waals surface area contributed by atoms with E-state index < -0.39 is 5.54 Å². The number of likely N-dealkylation sites (tertiary alicyclic amines) is 2. The summed E-state index contributed by atoms with van der Waals surface area (Å²) in [7, 11) is 0. The molecule has 25 heavy (non-hydrogen) atoms. The highest BCUT2D eigenvalue weighted by molar-refractivity contribution is 6.07. The molecule has 4 amide bonds. The Morgan fingerprint density at radius 3 is 2.32 bits per heavy atom. The minimum atomic E-state index is -0.697. The van der Waals surface area contributed by atoms with Gasteiger partial charge in [-0.05, 0) is 38.6 Å². The van der Waals surface area contributed by atoms with Gasteiger partial charge >= 0.3 is 6.03 Å². The van der Waals surface area contributed by atoms with Crippen molar-refractivity contribution in [2.24, 2.45) is 0 Å². The van der Waals surface area contributed by atoms with Gasteiger partial charge in [0, 0.05) is 38.6 Å². The van der Waals surface area contributed by atoms with Gasteiger partial charge in [0.05, 0.1) is 0 Å². The zero-order chi connectivity index (χ0) is 18.0. The number of hydrogen-bond donors (Lipinski definition) is 1. The minimum Gasteiger partial charge on any atom is -0.343 e. The minimum absolute atomic E-state index is 0.0473. The molecule has 140 valence electrons. The van der Waals surface area contributed by atoms with Crippen molar-refractivity contribution in [3.8, 4) is 0 Å². The summed E-state index contributed by atoms with van der Waals surface area (Å²) in [5, 5.41) is 3.00. The number of amides is 4. The Bertz CT molecular complexity index is 534. The third kappa shape index (κ3) is 3.38. The van der Waals surface area contributed by atoms with Crippen LogP contribution in [0.3, 0.4) is 0 Å². The molecule has 7 nitrogen and oxygen atoms in total. The molecule has 1 N–H and O–H groups in total. The first-order valence-electron chi connectivity index (χ1n) is 9.66. The number of carbonyl (C=O) groups excluding carboxylic acids is 3. The van der Waals surface area contributed by atoms with Crippen LogP contribution in [-0.4, -0.2) is 76.8 Å². The predicted octanol–water partition coefficient (Wildman–Crippen LogP) is 1.18. The summed E-state index contributed by atoms with van der Waals surface area (Å²) in [6.07, 6.45) is 4.37. The topological polar surface area (TPSA) is 73.0 Å². The number of urea groups is 1. The SMILES string of the molecule is CCCN1CCC2(CC1)NC(=O)N(C1CCN(C(=O)CC)CC1)C2=O. The number of nitrogens with zero attached hydrogens (tertiary/aromatic N) is 3. The Kier molecular flexibility index (Phi) is 5.32. The van der Waals surface area contributed by atoms with Crippen LogP contribution in [0.1, 0.15) is 52.4 Å². The Hall–Kier alpha value is -1.63. The van der Waals surface area contributed by atoms with E-state index in [1.54, 1.807) is 0 Å². The fourth-order valence-corrected chi connectivity index (χ4v) is 4.38. The summed E-state index contributed by atoms with van der Waals surface area (Å²) < 4.78 is 0. The van der Waals surface area contributed by atoms with Crippen molar-refractivity contribution in [2.45, 2.75) is 64.0 Å². The Morgan fingerprint density at radius 1 is 1.12 bits per heavy atom. The molecule has 3 aliphatic heterocycles. The highest BCUT2D eigenvalue weighted by Crippen LogP contribution is 2.32. The fourth-order valence-electron chi connectivity index (χ4n) is 4.38. The maximum atomic E-state index is 13.1. The molecule has 0 unspecified atom stereocenters. The number of imide groups is 1. The van der Waals surface area contributed by atoms with Crippen LogP contribution in [0.25, 0.3) is 0 Å². The van der Waals surface area contributed by atoms with Crippen molar-refractivity contribution >= 4 is 17.8 Å². The van der Waals surface area contributed by atoms with Crippen LogP contribution < -0.4 is 5.32 Å². The first-order valence-corrected chi connectivity index (χ1v) is 9.66. The van der Waals surface area contributed by atoms with E-state index in [4.69, 9.17) is 0 Å². The van der Waals surface area contributed by atoms with Crippen LogP contribution in [-0.2, 0) is 9.59 Å². The van der Waals surface area contributed by atoms with Crippen molar-refractivity contribution in [3.05, 3.63) is 0 Å². The fraction of sp³-hybridized carbons (Fsp3) is 0.833. The lowest BCUT2D eigenvalue weighted by Crippen LogP contribution is -2.55. The van der Waals surface area contributed by atoms with Crippen molar-refractivity contribution < 1.29 is 14.4 Å². The van der Waals surface area contributed by atoms with Crippen molar-refractivity contribution in [1.29, 1.82) is 0 Å². The summed E-state index contributed by atoms with van der Waals surface area (Å²) in [4.78, 5) is 43.1. The van der Waals surface area contributed by atoms with Crippen LogP contribution in [0.4, 0.5) is 4.79 Å². The van der Waals surface area contributed by atoms with Gasteiger partial charge in [0.25, 0.3) is 5.91 Å². The van der Waals surface area contributed by atoms with Crippen LogP contribution in [0.5, 0.6) is 0 Å². The number of hydrogen-bond acceptors (Lipinski definition) is 4. The van der Waals surface area contributed by atoms with E-state index in [1.165, 1.54) is 4.90 Å². The van der Waals surface area contributed by atoms with Gasteiger partial charge in [-0.3, -0.25) is 14.5 Å². The lowest BCUT2D eigenvalue weighted by Gasteiger charge is -2.38. The summed E-state index contributed by atoms with van der Waals surface area (Å²) in [6, 6.07) is -0.323. The van der Waals surface area contributed by atoms with Crippen molar-refractivity contribution in [2.75, 3.05) is 32.7 Å². The van der Waals surface area contributed by atoms with E-state index in [9.17, 15) is 14.4 Å². The quantitative estimate of drug-likeness (QED) is 0.773. The first-order chi connectivity index (χ1) is 12.0. The third-order valence-corrected chi connectivity index (χ3v) is 5.93. The standard InChI is InChI=1S/C18H30N4O3/c1-3-9-20-12-7-18(8-13-20)16(24)22(17(25)19-18)14-5-10-21(11-6-14)15(23)4-2/h14H,3-13H2,1-2H3,(H,19,25). The maximum Gasteiger partial charge on any atom is 0.325 e. The highest BCUT2D eigenvalue weighted by atomic mass is 16.2. The maximum absolute atomic E-state index is 13.1. The van der Waals surface area contributed by atoms with E-state index in [1.807, 2.05) is 11.8 Å². The monoisotopic (exact) mass is 350 g/mol. The third-order valence-electron chi connectivity index (χ3n) is 5.93. The van der Waals surface area contributed by atoms with Crippen LogP contribution in [0, 0.1) is 0 Å². The average Bonchev–Trinajstić information content (AvgIpc) is 2.87. The van der Waals surface area contributed by atoms with Gasteiger partial charge in [-0.2, -0.15) is 0 Å². The van der Waals surface area contributed by atoms with Gasteiger partial charge in [-0.1, -0.05) is 13.8 Å². The van der Waals surface area contributed by atoms with Crippen molar-refractivity contribution in [1.82, 2.24) is 20.0 Å². The Labute approximate surface area is 149 Å². The van der Waals surface area contributed by atoms with Gasteiger partial charge < -0.3 is 15.1 Å². The summed E-state index contributed by atoms with van der Waals surface area (Å²) in [6.45, 7) is 8.04. The largest absolute Gasteiger partial charge is 0.343 e. The van der Waals surface area contributed by atoms with Gasteiger partial charge in [-0.15, -0.1) is 0 Å². The molecule has 1 spiro atoms.